The number of H-pyrrole nitrogens is 1. The van der Waals surface area contributed by atoms with E-state index in [9.17, 15) is 9.59 Å². The molecule has 0 aliphatic carbocycles. The summed E-state index contributed by atoms with van der Waals surface area (Å²) in [6, 6.07) is 9.48. The van der Waals surface area contributed by atoms with Crippen LogP contribution in [0.4, 0.5) is 5.69 Å². The summed E-state index contributed by atoms with van der Waals surface area (Å²) >= 11 is 0. The zero-order valence-corrected chi connectivity index (χ0v) is 13.7. The van der Waals surface area contributed by atoms with Gasteiger partial charge in [0.15, 0.2) is 0 Å². The van der Waals surface area contributed by atoms with Crippen LogP contribution in [0.15, 0.2) is 35.1 Å². The Kier molecular flexibility index (Phi) is 4.22. The van der Waals surface area contributed by atoms with Gasteiger partial charge in [-0.1, -0.05) is 32.9 Å². The molecule has 116 valence electrons. The van der Waals surface area contributed by atoms with Crippen LogP contribution in [0, 0.1) is 13.8 Å². The van der Waals surface area contributed by atoms with Crippen molar-refractivity contribution >= 4 is 11.6 Å². The summed E-state index contributed by atoms with van der Waals surface area (Å²) in [7, 11) is 0. The second-order valence-electron chi connectivity index (χ2n) is 6.62. The Hall–Kier alpha value is -2.36. The lowest BCUT2D eigenvalue weighted by atomic mass is 9.87. The lowest BCUT2D eigenvalue weighted by Crippen LogP contribution is -2.25. The summed E-state index contributed by atoms with van der Waals surface area (Å²) < 4.78 is 0. The zero-order valence-electron chi connectivity index (χ0n) is 13.7. The fraction of sp³-hybridized carbons (Fsp3) is 0.333. The molecule has 4 heteroatoms. The van der Waals surface area contributed by atoms with Crippen molar-refractivity contribution in [3.8, 4) is 0 Å². The van der Waals surface area contributed by atoms with Crippen LogP contribution in [0.25, 0.3) is 0 Å². The highest BCUT2D eigenvalue weighted by molar-refractivity contribution is 6.05. The van der Waals surface area contributed by atoms with E-state index in [1.54, 1.807) is 19.9 Å². The molecule has 0 radical (unpaired) electrons. The van der Waals surface area contributed by atoms with E-state index in [0.29, 0.717) is 11.3 Å². The largest absolute Gasteiger partial charge is 0.326 e. The molecule has 0 atom stereocenters. The van der Waals surface area contributed by atoms with Crippen molar-refractivity contribution in [1.29, 1.82) is 0 Å². The monoisotopic (exact) mass is 298 g/mol. The number of hydrogen-bond acceptors (Lipinski definition) is 2. The summed E-state index contributed by atoms with van der Waals surface area (Å²) in [4.78, 5) is 26.9. The highest BCUT2D eigenvalue weighted by Gasteiger charge is 2.16. The van der Waals surface area contributed by atoms with Crippen LogP contribution >= 0.6 is 0 Å². The molecule has 2 aromatic rings. The molecule has 0 aliphatic heterocycles. The lowest BCUT2D eigenvalue weighted by Gasteiger charge is -2.19. The van der Waals surface area contributed by atoms with Gasteiger partial charge in [-0.05, 0) is 48.6 Å². The third-order valence-corrected chi connectivity index (χ3v) is 3.60. The molecular formula is C18H22N2O2. The molecule has 1 amide bonds. The summed E-state index contributed by atoms with van der Waals surface area (Å²) in [5, 5.41) is 2.78. The molecule has 1 aromatic carbocycles. The van der Waals surface area contributed by atoms with E-state index in [2.05, 4.69) is 31.1 Å². The van der Waals surface area contributed by atoms with Crippen LogP contribution in [0.5, 0.6) is 0 Å². The van der Waals surface area contributed by atoms with Crippen molar-refractivity contribution in [2.75, 3.05) is 5.32 Å². The predicted octanol–water partition coefficient (Wildman–Crippen LogP) is 3.54. The summed E-state index contributed by atoms with van der Waals surface area (Å²) in [5.41, 5.74) is 3.14. The summed E-state index contributed by atoms with van der Waals surface area (Å²) in [5.74, 6) is -0.387. The van der Waals surface area contributed by atoms with Crippen LogP contribution in [-0.2, 0) is 5.41 Å². The maximum absolute atomic E-state index is 12.3. The standard InChI is InChI=1S/C18H22N2O2/c1-11-10-12(2)19-16(21)15(11)17(22)20-14-8-6-13(7-9-14)18(3,4)5/h6-10H,1-5H3,(H,19,21)(H,20,22). The molecule has 2 N–H and O–H groups in total. The number of aromatic nitrogens is 1. The topological polar surface area (TPSA) is 62.0 Å². The second kappa shape index (κ2) is 5.79. The van der Waals surface area contributed by atoms with Crippen LogP contribution in [0.1, 0.15) is 48.0 Å². The molecule has 0 spiro atoms. The Bertz CT molecular complexity index is 750. The van der Waals surface area contributed by atoms with Crippen molar-refractivity contribution in [1.82, 2.24) is 4.98 Å². The molecule has 0 unspecified atom stereocenters. The first-order chi connectivity index (χ1) is 10.2. The number of carbonyl (C=O) groups is 1. The fourth-order valence-corrected chi connectivity index (χ4v) is 2.38. The number of benzene rings is 1. The van der Waals surface area contributed by atoms with Crippen LogP contribution < -0.4 is 10.9 Å². The highest BCUT2D eigenvalue weighted by atomic mass is 16.2. The number of anilines is 1. The summed E-state index contributed by atoms with van der Waals surface area (Å²) in [6.45, 7) is 9.96. The minimum atomic E-state index is -0.387. The average molecular weight is 298 g/mol. The van der Waals surface area contributed by atoms with Gasteiger partial charge in [-0.2, -0.15) is 0 Å². The quantitative estimate of drug-likeness (QED) is 0.890. The SMILES string of the molecule is Cc1cc(C)c(C(=O)Nc2ccc(C(C)(C)C)cc2)c(=O)[nH]1. The molecular weight excluding hydrogens is 276 g/mol. The van der Waals surface area contributed by atoms with Gasteiger partial charge >= 0.3 is 0 Å². The van der Waals surface area contributed by atoms with Crippen molar-refractivity contribution in [3.05, 3.63) is 63.1 Å². The van der Waals surface area contributed by atoms with Crippen molar-refractivity contribution in [3.63, 3.8) is 0 Å². The first-order valence-corrected chi connectivity index (χ1v) is 7.31. The number of amides is 1. The van der Waals surface area contributed by atoms with E-state index >= 15 is 0 Å². The number of rotatable bonds is 2. The van der Waals surface area contributed by atoms with E-state index in [1.807, 2.05) is 24.3 Å². The average Bonchev–Trinajstić information content (AvgIpc) is 2.36. The first kappa shape index (κ1) is 16.0. The smallest absolute Gasteiger partial charge is 0.261 e. The maximum Gasteiger partial charge on any atom is 0.261 e. The molecule has 0 aliphatic rings. The normalized spacial score (nSPS) is 11.3. The maximum atomic E-state index is 12.3. The number of nitrogens with one attached hydrogen (secondary N) is 2. The van der Waals surface area contributed by atoms with Gasteiger partial charge in [0.25, 0.3) is 11.5 Å². The van der Waals surface area contributed by atoms with Gasteiger partial charge in [0.05, 0.1) is 0 Å². The summed E-state index contributed by atoms with van der Waals surface area (Å²) in [6.07, 6.45) is 0. The molecule has 0 saturated heterocycles. The predicted molar refractivity (Wildman–Crippen MR) is 89.6 cm³/mol. The number of aromatic amines is 1. The van der Waals surface area contributed by atoms with Gasteiger partial charge < -0.3 is 10.3 Å². The van der Waals surface area contributed by atoms with Gasteiger partial charge in [0, 0.05) is 11.4 Å². The Morgan fingerprint density at radius 2 is 1.68 bits per heavy atom. The molecule has 0 saturated carbocycles. The molecule has 4 nitrogen and oxygen atoms in total. The minimum Gasteiger partial charge on any atom is -0.326 e. The Morgan fingerprint density at radius 3 is 2.18 bits per heavy atom. The Balaban J connectivity index is 2.25. The number of carbonyl (C=O) groups excluding carboxylic acids is 1. The molecule has 1 heterocycles. The van der Waals surface area contributed by atoms with Crippen LogP contribution in [0.2, 0.25) is 0 Å². The third-order valence-electron chi connectivity index (χ3n) is 3.60. The molecule has 0 fully saturated rings. The van der Waals surface area contributed by atoms with Crippen molar-refractivity contribution in [2.45, 2.75) is 40.0 Å². The molecule has 22 heavy (non-hydrogen) atoms. The Morgan fingerprint density at radius 1 is 1.09 bits per heavy atom. The van der Waals surface area contributed by atoms with Gasteiger partial charge in [-0.25, -0.2) is 0 Å². The van der Waals surface area contributed by atoms with Crippen LogP contribution in [-0.4, -0.2) is 10.9 Å². The first-order valence-electron chi connectivity index (χ1n) is 7.31. The van der Waals surface area contributed by atoms with E-state index in [-0.39, 0.29) is 22.4 Å². The molecule has 2 rings (SSSR count). The number of hydrogen-bond donors (Lipinski definition) is 2. The second-order valence-corrected chi connectivity index (χ2v) is 6.62. The minimum absolute atomic E-state index is 0.0627. The molecule has 1 aromatic heterocycles. The van der Waals surface area contributed by atoms with Gasteiger partial charge in [0.1, 0.15) is 5.56 Å². The van der Waals surface area contributed by atoms with Crippen molar-refractivity contribution in [2.24, 2.45) is 0 Å². The zero-order chi connectivity index (χ0) is 16.5. The van der Waals surface area contributed by atoms with Gasteiger partial charge in [-0.15, -0.1) is 0 Å². The van der Waals surface area contributed by atoms with E-state index in [1.165, 1.54) is 5.56 Å². The number of aryl methyl sites for hydroxylation is 2. The Labute approximate surface area is 130 Å². The van der Waals surface area contributed by atoms with E-state index < -0.39 is 0 Å². The van der Waals surface area contributed by atoms with Crippen LogP contribution in [0.3, 0.4) is 0 Å². The fourth-order valence-electron chi connectivity index (χ4n) is 2.38. The molecule has 0 bridgehead atoms. The van der Waals surface area contributed by atoms with Gasteiger partial charge in [0.2, 0.25) is 0 Å². The van der Waals surface area contributed by atoms with Crippen molar-refractivity contribution < 1.29 is 4.79 Å². The van der Waals surface area contributed by atoms with Gasteiger partial charge in [-0.3, -0.25) is 9.59 Å². The van der Waals surface area contributed by atoms with E-state index in [4.69, 9.17) is 0 Å². The number of pyridine rings is 1. The highest BCUT2D eigenvalue weighted by Crippen LogP contribution is 2.23. The van der Waals surface area contributed by atoms with E-state index in [0.717, 1.165) is 5.69 Å². The lowest BCUT2D eigenvalue weighted by molar-refractivity contribution is 0.102. The third kappa shape index (κ3) is 3.45.